The quantitative estimate of drug-likeness (QED) is 0.808. The van der Waals surface area contributed by atoms with Crippen LogP contribution < -0.4 is 11.1 Å². The zero-order chi connectivity index (χ0) is 16.2. The molecule has 1 amide bonds. The molecular weight excluding hydrogens is 361 g/mol. The summed E-state index contributed by atoms with van der Waals surface area (Å²) in [5, 5.41) is 3.17. The maximum Gasteiger partial charge on any atom is 0.249 e. The number of nitrogens with two attached hydrogens (primary N) is 1. The normalized spacial score (nSPS) is 28.9. The van der Waals surface area contributed by atoms with Gasteiger partial charge in [0.2, 0.25) is 5.91 Å². The van der Waals surface area contributed by atoms with E-state index in [0.717, 1.165) is 32.4 Å². The monoisotopic (exact) mass is 389 g/mol. The summed E-state index contributed by atoms with van der Waals surface area (Å²) < 4.78 is 5.68. The van der Waals surface area contributed by atoms with Crippen LogP contribution in [0.25, 0.3) is 0 Å². The standard InChI is InChI=1S/C18H27N3O2.2ClH/c1-13-9-15(12-21(13)11-14-5-3-2-4-6-14)20-18(22)17-8-7-16(10-19)23-17;;/h2-6,13,15-17H,7-12,19H2,1H3,(H,20,22);2*1H/t13?,15?,16-,17+;;/m1../s1. The van der Waals surface area contributed by atoms with E-state index in [4.69, 9.17) is 10.5 Å². The van der Waals surface area contributed by atoms with Crippen molar-refractivity contribution < 1.29 is 9.53 Å². The highest BCUT2D eigenvalue weighted by Crippen LogP contribution is 2.22. The van der Waals surface area contributed by atoms with Crippen molar-refractivity contribution in [3.8, 4) is 0 Å². The molecule has 0 radical (unpaired) electrons. The van der Waals surface area contributed by atoms with Crippen LogP contribution in [0.3, 0.4) is 0 Å². The van der Waals surface area contributed by atoms with E-state index in [2.05, 4.69) is 41.4 Å². The Morgan fingerprint density at radius 3 is 2.64 bits per heavy atom. The van der Waals surface area contributed by atoms with Crippen LogP contribution in [0, 0.1) is 0 Å². The largest absolute Gasteiger partial charge is 0.364 e. The number of benzene rings is 1. The number of rotatable bonds is 5. The molecule has 2 heterocycles. The van der Waals surface area contributed by atoms with Crippen LogP contribution in [0.5, 0.6) is 0 Å². The number of nitrogens with zero attached hydrogens (tertiary/aromatic N) is 1. The van der Waals surface area contributed by atoms with Gasteiger partial charge in [-0.1, -0.05) is 30.3 Å². The van der Waals surface area contributed by atoms with Gasteiger partial charge in [0.1, 0.15) is 6.10 Å². The Kier molecular flexibility index (Phi) is 9.17. The predicted octanol–water partition coefficient (Wildman–Crippen LogP) is 2.12. The van der Waals surface area contributed by atoms with E-state index in [1.807, 2.05) is 6.07 Å². The first-order chi connectivity index (χ1) is 11.2. The van der Waals surface area contributed by atoms with Gasteiger partial charge in [-0.25, -0.2) is 0 Å². The third-order valence-electron chi connectivity index (χ3n) is 4.94. The zero-order valence-corrected chi connectivity index (χ0v) is 16.2. The van der Waals surface area contributed by atoms with E-state index in [9.17, 15) is 4.79 Å². The molecule has 0 saturated carbocycles. The second-order valence-corrected chi connectivity index (χ2v) is 6.77. The van der Waals surface area contributed by atoms with Crippen molar-refractivity contribution in [2.45, 2.75) is 57.0 Å². The highest BCUT2D eigenvalue weighted by Gasteiger charge is 2.34. The SMILES string of the molecule is CC1CC(NC(=O)[C@@H]2CC[C@H](CN)O2)CN1Cc1ccccc1.Cl.Cl. The number of ether oxygens (including phenoxy) is 1. The fraction of sp³-hybridized carbons (Fsp3) is 0.611. The van der Waals surface area contributed by atoms with Crippen LogP contribution >= 0.6 is 24.8 Å². The fourth-order valence-corrected chi connectivity index (χ4v) is 3.61. The molecule has 0 bridgehead atoms. The molecule has 1 aromatic carbocycles. The predicted molar refractivity (Wildman–Crippen MR) is 104 cm³/mol. The number of carbonyl (C=O) groups excluding carboxylic acids is 1. The molecule has 0 spiro atoms. The van der Waals surface area contributed by atoms with Crippen LogP contribution in [0.1, 0.15) is 31.7 Å². The van der Waals surface area contributed by atoms with E-state index in [1.54, 1.807) is 0 Å². The summed E-state index contributed by atoms with van der Waals surface area (Å²) in [6.45, 7) is 4.55. The molecule has 3 N–H and O–H groups in total. The highest BCUT2D eigenvalue weighted by molar-refractivity contribution is 5.85. The highest BCUT2D eigenvalue weighted by atomic mass is 35.5. The molecule has 2 unspecified atom stereocenters. The van der Waals surface area contributed by atoms with Crippen LogP contribution in [0.15, 0.2) is 30.3 Å². The van der Waals surface area contributed by atoms with E-state index >= 15 is 0 Å². The van der Waals surface area contributed by atoms with Gasteiger partial charge in [-0.15, -0.1) is 24.8 Å². The smallest absolute Gasteiger partial charge is 0.249 e. The maximum absolute atomic E-state index is 12.3. The minimum absolute atomic E-state index is 0. The molecule has 2 saturated heterocycles. The van der Waals surface area contributed by atoms with Crippen LogP contribution in [0.4, 0.5) is 0 Å². The van der Waals surface area contributed by atoms with Gasteiger partial charge >= 0.3 is 0 Å². The number of halogens is 2. The maximum atomic E-state index is 12.3. The van der Waals surface area contributed by atoms with Crippen molar-refractivity contribution in [1.82, 2.24) is 10.2 Å². The second-order valence-electron chi connectivity index (χ2n) is 6.77. The molecular formula is C18H29Cl2N3O2. The van der Waals surface area contributed by atoms with Crippen molar-refractivity contribution in [3.05, 3.63) is 35.9 Å². The lowest BCUT2D eigenvalue weighted by Gasteiger charge is -2.21. The second kappa shape index (κ2) is 10.3. The van der Waals surface area contributed by atoms with Crippen molar-refractivity contribution in [2.75, 3.05) is 13.1 Å². The molecule has 2 aliphatic heterocycles. The van der Waals surface area contributed by atoms with Gasteiger partial charge in [0.25, 0.3) is 0 Å². The Hall–Kier alpha value is -0.850. The molecule has 0 aliphatic carbocycles. The van der Waals surface area contributed by atoms with Gasteiger partial charge in [-0.2, -0.15) is 0 Å². The zero-order valence-electron chi connectivity index (χ0n) is 14.6. The third kappa shape index (κ3) is 5.83. The van der Waals surface area contributed by atoms with Gasteiger partial charge in [-0.3, -0.25) is 9.69 Å². The van der Waals surface area contributed by atoms with Crippen LogP contribution in [0.2, 0.25) is 0 Å². The summed E-state index contributed by atoms with van der Waals surface area (Å²) in [7, 11) is 0. The van der Waals surface area contributed by atoms with E-state index in [-0.39, 0.29) is 49.0 Å². The Bertz CT molecular complexity index is 532. The molecule has 5 nitrogen and oxygen atoms in total. The number of hydrogen-bond donors (Lipinski definition) is 2. The Labute approximate surface area is 162 Å². The number of likely N-dealkylation sites (tertiary alicyclic amines) is 1. The van der Waals surface area contributed by atoms with Crippen LogP contribution in [-0.2, 0) is 16.1 Å². The summed E-state index contributed by atoms with van der Waals surface area (Å²) in [6, 6.07) is 11.2. The minimum Gasteiger partial charge on any atom is -0.364 e. The summed E-state index contributed by atoms with van der Waals surface area (Å²) in [5.74, 6) is 0.0275. The summed E-state index contributed by atoms with van der Waals surface area (Å²) in [4.78, 5) is 14.8. The molecule has 2 aliphatic rings. The van der Waals surface area contributed by atoms with Gasteiger partial charge in [0, 0.05) is 31.7 Å². The third-order valence-corrected chi connectivity index (χ3v) is 4.94. The molecule has 0 aromatic heterocycles. The molecule has 1 aromatic rings. The van der Waals surface area contributed by atoms with E-state index in [0.29, 0.717) is 12.6 Å². The summed E-state index contributed by atoms with van der Waals surface area (Å²) in [5.41, 5.74) is 6.92. The van der Waals surface area contributed by atoms with E-state index < -0.39 is 0 Å². The average Bonchev–Trinajstić information content (AvgIpc) is 3.16. The Morgan fingerprint density at radius 2 is 2.00 bits per heavy atom. The van der Waals surface area contributed by atoms with Gasteiger partial charge in [-0.05, 0) is 31.7 Å². The summed E-state index contributed by atoms with van der Waals surface area (Å²) in [6.07, 6.45) is 2.38. The first-order valence-corrected chi connectivity index (χ1v) is 8.59. The topological polar surface area (TPSA) is 67.6 Å². The number of nitrogens with one attached hydrogen (secondary N) is 1. The lowest BCUT2D eigenvalue weighted by molar-refractivity contribution is -0.132. The lowest BCUT2D eigenvalue weighted by Crippen LogP contribution is -2.43. The molecule has 4 atom stereocenters. The summed E-state index contributed by atoms with van der Waals surface area (Å²) >= 11 is 0. The van der Waals surface area contributed by atoms with E-state index in [1.165, 1.54) is 5.56 Å². The number of hydrogen-bond acceptors (Lipinski definition) is 4. The van der Waals surface area contributed by atoms with Crippen molar-refractivity contribution >= 4 is 30.7 Å². The minimum atomic E-state index is -0.318. The van der Waals surface area contributed by atoms with Gasteiger partial charge in [0.05, 0.1) is 6.10 Å². The first kappa shape index (κ1) is 22.2. The van der Waals surface area contributed by atoms with Crippen molar-refractivity contribution in [3.63, 3.8) is 0 Å². The number of carbonyl (C=O) groups is 1. The Balaban J connectivity index is 0.00000156. The lowest BCUT2D eigenvalue weighted by atomic mass is 10.1. The van der Waals surface area contributed by atoms with Crippen LogP contribution in [-0.4, -0.2) is 48.2 Å². The van der Waals surface area contributed by atoms with Gasteiger partial charge < -0.3 is 15.8 Å². The molecule has 25 heavy (non-hydrogen) atoms. The number of amides is 1. The van der Waals surface area contributed by atoms with Crippen molar-refractivity contribution in [2.24, 2.45) is 5.73 Å². The van der Waals surface area contributed by atoms with Crippen molar-refractivity contribution in [1.29, 1.82) is 0 Å². The fourth-order valence-electron chi connectivity index (χ4n) is 3.61. The Morgan fingerprint density at radius 1 is 1.28 bits per heavy atom. The molecule has 2 fully saturated rings. The van der Waals surface area contributed by atoms with Gasteiger partial charge in [0.15, 0.2) is 0 Å². The first-order valence-electron chi connectivity index (χ1n) is 8.59. The molecule has 3 rings (SSSR count). The molecule has 7 heteroatoms. The molecule has 142 valence electrons. The average molecular weight is 390 g/mol.